The Morgan fingerprint density at radius 1 is 1.50 bits per heavy atom. The van der Waals surface area contributed by atoms with Gasteiger partial charge < -0.3 is 10.6 Å². The van der Waals surface area contributed by atoms with Crippen LogP contribution >= 0.6 is 0 Å². The third kappa shape index (κ3) is 2.18. The van der Waals surface area contributed by atoms with Crippen LogP contribution in [0.25, 0.3) is 0 Å². The van der Waals surface area contributed by atoms with Gasteiger partial charge in [0, 0.05) is 12.6 Å². The Hall–Kier alpha value is -1.52. The van der Waals surface area contributed by atoms with Gasteiger partial charge in [-0.2, -0.15) is 5.10 Å². The maximum atomic E-state index is 12.1. The fourth-order valence-electron chi connectivity index (χ4n) is 1.70. The number of H-pyrrole nitrogens is 1. The van der Waals surface area contributed by atoms with Crippen LogP contribution in [0.3, 0.4) is 0 Å². The van der Waals surface area contributed by atoms with Crippen LogP contribution in [-0.2, 0) is 6.42 Å². The normalized spacial score (nSPS) is 10.8. The fourth-order valence-corrected chi connectivity index (χ4v) is 1.70. The Labute approximate surface area is 96.0 Å². The first kappa shape index (κ1) is 12.5. The predicted octanol–water partition coefficient (Wildman–Crippen LogP) is 1.42. The molecule has 0 saturated heterocycles. The molecular weight excluding hydrogens is 204 g/mol. The van der Waals surface area contributed by atoms with Crippen molar-refractivity contribution in [3.05, 3.63) is 11.4 Å². The number of nitrogens with zero attached hydrogens (tertiary/aromatic N) is 2. The van der Waals surface area contributed by atoms with E-state index < -0.39 is 0 Å². The highest BCUT2D eigenvalue weighted by Gasteiger charge is 2.23. The quantitative estimate of drug-likeness (QED) is 0.812. The van der Waals surface area contributed by atoms with Crippen LogP contribution in [0.5, 0.6) is 0 Å². The molecule has 0 atom stereocenters. The van der Waals surface area contributed by atoms with Gasteiger partial charge in [0.25, 0.3) is 5.91 Å². The van der Waals surface area contributed by atoms with Crippen LogP contribution in [-0.4, -0.2) is 33.6 Å². The van der Waals surface area contributed by atoms with Gasteiger partial charge in [-0.3, -0.25) is 9.89 Å². The van der Waals surface area contributed by atoms with Crippen molar-refractivity contribution in [1.82, 2.24) is 15.1 Å². The molecule has 0 saturated carbocycles. The summed E-state index contributed by atoms with van der Waals surface area (Å²) in [6, 6.07) is 0.152. The lowest BCUT2D eigenvalue weighted by Gasteiger charge is -2.24. The van der Waals surface area contributed by atoms with Gasteiger partial charge in [-0.05, 0) is 27.2 Å². The molecule has 5 nitrogen and oxygen atoms in total. The average molecular weight is 224 g/mol. The number of aromatic nitrogens is 2. The summed E-state index contributed by atoms with van der Waals surface area (Å²) in [6.07, 6.45) is 0.750. The van der Waals surface area contributed by atoms with Crippen molar-refractivity contribution in [1.29, 1.82) is 0 Å². The third-order valence-corrected chi connectivity index (χ3v) is 2.66. The summed E-state index contributed by atoms with van der Waals surface area (Å²) < 4.78 is 0. The second-order valence-corrected chi connectivity index (χ2v) is 4.00. The molecule has 90 valence electrons. The van der Waals surface area contributed by atoms with Crippen LogP contribution < -0.4 is 5.73 Å². The Kier molecular flexibility index (Phi) is 3.93. The van der Waals surface area contributed by atoms with Gasteiger partial charge in [0.2, 0.25) is 0 Å². The minimum absolute atomic E-state index is 0.106. The highest BCUT2D eigenvalue weighted by molar-refractivity contribution is 5.97. The first-order valence-corrected chi connectivity index (χ1v) is 5.66. The number of hydrogen-bond acceptors (Lipinski definition) is 3. The molecule has 0 radical (unpaired) electrons. The third-order valence-electron chi connectivity index (χ3n) is 2.66. The fraction of sp³-hybridized carbons (Fsp3) is 0.636. The first-order valence-electron chi connectivity index (χ1n) is 5.66. The number of nitrogens with one attached hydrogen (secondary N) is 1. The Morgan fingerprint density at radius 2 is 2.12 bits per heavy atom. The SMILES string of the molecule is CCc1[nH]nc(C(=O)N(CC)C(C)C)c1N. The average Bonchev–Trinajstić information content (AvgIpc) is 2.59. The first-order chi connectivity index (χ1) is 7.52. The summed E-state index contributed by atoms with van der Waals surface area (Å²) in [7, 11) is 0. The van der Waals surface area contributed by atoms with Gasteiger partial charge in [-0.1, -0.05) is 6.92 Å². The van der Waals surface area contributed by atoms with E-state index in [-0.39, 0.29) is 11.9 Å². The number of nitrogens with two attached hydrogens (primary N) is 1. The van der Waals surface area contributed by atoms with Gasteiger partial charge in [0.05, 0.1) is 11.4 Å². The molecule has 0 unspecified atom stereocenters. The molecule has 0 aliphatic rings. The number of carbonyl (C=O) groups excluding carboxylic acids is 1. The van der Waals surface area contributed by atoms with Crippen LogP contribution in [0.1, 0.15) is 43.9 Å². The van der Waals surface area contributed by atoms with Gasteiger partial charge in [-0.25, -0.2) is 0 Å². The summed E-state index contributed by atoms with van der Waals surface area (Å²) in [5, 5.41) is 6.80. The van der Waals surface area contributed by atoms with E-state index in [1.54, 1.807) is 4.90 Å². The Bertz CT molecular complexity index is 370. The molecule has 16 heavy (non-hydrogen) atoms. The Balaban J connectivity index is 2.99. The molecule has 1 aromatic rings. The molecule has 5 heteroatoms. The van der Waals surface area contributed by atoms with Crippen molar-refractivity contribution < 1.29 is 4.79 Å². The van der Waals surface area contributed by atoms with Gasteiger partial charge in [0.1, 0.15) is 0 Å². The molecular formula is C11H20N4O. The van der Waals surface area contributed by atoms with Crippen molar-refractivity contribution in [3.63, 3.8) is 0 Å². The molecule has 0 spiro atoms. The highest BCUT2D eigenvalue weighted by atomic mass is 16.2. The van der Waals surface area contributed by atoms with Crippen LogP contribution in [0.2, 0.25) is 0 Å². The number of carbonyl (C=O) groups is 1. The largest absolute Gasteiger partial charge is 0.395 e. The lowest BCUT2D eigenvalue weighted by molar-refractivity contribution is 0.0712. The van der Waals surface area contributed by atoms with Crippen molar-refractivity contribution in [2.24, 2.45) is 0 Å². The summed E-state index contributed by atoms with van der Waals surface area (Å²) in [4.78, 5) is 13.9. The van der Waals surface area contributed by atoms with E-state index in [1.807, 2.05) is 27.7 Å². The smallest absolute Gasteiger partial charge is 0.276 e. The van der Waals surface area contributed by atoms with Gasteiger partial charge in [-0.15, -0.1) is 0 Å². The van der Waals surface area contributed by atoms with E-state index >= 15 is 0 Å². The molecule has 1 heterocycles. The maximum absolute atomic E-state index is 12.1. The molecule has 0 aliphatic carbocycles. The lowest BCUT2D eigenvalue weighted by Crippen LogP contribution is -2.37. The van der Waals surface area contributed by atoms with Crippen molar-refractivity contribution in [2.45, 2.75) is 40.2 Å². The number of aromatic amines is 1. The minimum Gasteiger partial charge on any atom is -0.395 e. The molecule has 0 bridgehead atoms. The molecule has 0 aromatic carbocycles. The zero-order valence-corrected chi connectivity index (χ0v) is 10.4. The second kappa shape index (κ2) is 5.01. The number of hydrogen-bond donors (Lipinski definition) is 2. The zero-order valence-electron chi connectivity index (χ0n) is 10.4. The zero-order chi connectivity index (χ0) is 12.3. The summed E-state index contributed by atoms with van der Waals surface area (Å²) in [5.74, 6) is -0.106. The van der Waals surface area contributed by atoms with Crippen molar-refractivity contribution in [2.75, 3.05) is 12.3 Å². The maximum Gasteiger partial charge on any atom is 0.276 e. The van der Waals surface area contributed by atoms with Crippen LogP contribution in [0.4, 0.5) is 5.69 Å². The van der Waals surface area contributed by atoms with E-state index in [4.69, 9.17) is 5.73 Å². The molecule has 0 aliphatic heterocycles. The standard InChI is InChI=1S/C11H20N4O/c1-5-8-9(12)10(14-13-8)11(16)15(6-2)7(3)4/h7H,5-6,12H2,1-4H3,(H,13,14). The van der Waals surface area contributed by atoms with Crippen molar-refractivity contribution in [3.8, 4) is 0 Å². The van der Waals surface area contributed by atoms with E-state index in [0.717, 1.165) is 12.1 Å². The van der Waals surface area contributed by atoms with Crippen molar-refractivity contribution >= 4 is 11.6 Å². The lowest BCUT2D eigenvalue weighted by atomic mass is 10.2. The molecule has 1 amide bonds. The van der Waals surface area contributed by atoms with E-state index in [0.29, 0.717) is 17.9 Å². The summed E-state index contributed by atoms with van der Waals surface area (Å²) in [6.45, 7) is 8.53. The predicted molar refractivity (Wildman–Crippen MR) is 64.2 cm³/mol. The number of nitrogen functional groups attached to an aromatic ring is 1. The summed E-state index contributed by atoms with van der Waals surface area (Å²) in [5.41, 5.74) is 7.51. The highest BCUT2D eigenvalue weighted by Crippen LogP contribution is 2.17. The molecule has 3 N–H and O–H groups in total. The van der Waals surface area contributed by atoms with E-state index in [9.17, 15) is 4.79 Å². The molecule has 0 fully saturated rings. The van der Waals surface area contributed by atoms with Crippen LogP contribution in [0, 0.1) is 0 Å². The summed E-state index contributed by atoms with van der Waals surface area (Å²) >= 11 is 0. The number of aryl methyl sites for hydroxylation is 1. The Morgan fingerprint density at radius 3 is 2.50 bits per heavy atom. The van der Waals surface area contributed by atoms with Gasteiger partial charge >= 0.3 is 0 Å². The number of rotatable bonds is 4. The van der Waals surface area contributed by atoms with Crippen LogP contribution in [0.15, 0.2) is 0 Å². The van der Waals surface area contributed by atoms with E-state index in [1.165, 1.54) is 0 Å². The molecule has 1 rings (SSSR count). The van der Waals surface area contributed by atoms with Gasteiger partial charge in [0.15, 0.2) is 5.69 Å². The number of anilines is 1. The van der Waals surface area contributed by atoms with E-state index in [2.05, 4.69) is 10.2 Å². The number of amides is 1. The molecule has 1 aromatic heterocycles. The second-order valence-electron chi connectivity index (χ2n) is 4.00. The topological polar surface area (TPSA) is 75.0 Å². The monoisotopic (exact) mass is 224 g/mol. The minimum atomic E-state index is -0.106.